The summed E-state index contributed by atoms with van der Waals surface area (Å²) in [6.07, 6.45) is 2.62. The summed E-state index contributed by atoms with van der Waals surface area (Å²) in [4.78, 5) is 14.9. The van der Waals surface area contributed by atoms with Crippen molar-refractivity contribution in [2.45, 2.75) is 13.8 Å². The molecule has 3 heteroatoms. The molecular formula is C14H13NO2. The Labute approximate surface area is 99.4 Å². The molecule has 0 spiro atoms. The molecule has 1 N–H and O–H groups in total. The Morgan fingerprint density at radius 3 is 2.76 bits per heavy atom. The first kappa shape index (κ1) is 11.3. The van der Waals surface area contributed by atoms with Gasteiger partial charge >= 0.3 is 5.97 Å². The van der Waals surface area contributed by atoms with Crippen molar-refractivity contribution in [3.63, 3.8) is 0 Å². The molecule has 0 radical (unpaired) electrons. The Balaban J connectivity index is 2.62. The summed E-state index contributed by atoms with van der Waals surface area (Å²) in [6.45, 7) is 4.00. The van der Waals surface area contributed by atoms with E-state index in [1.165, 1.54) is 6.08 Å². The van der Waals surface area contributed by atoms with Crippen molar-refractivity contribution in [2.24, 2.45) is 0 Å². The van der Waals surface area contributed by atoms with Crippen LogP contribution in [0.3, 0.4) is 0 Å². The van der Waals surface area contributed by atoms with E-state index in [0.717, 1.165) is 28.1 Å². The number of aromatic nitrogens is 1. The van der Waals surface area contributed by atoms with E-state index in [-0.39, 0.29) is 0 Å². The number of rotatable bonds is 2. The molecule has 0 saturated heterocycles. The van der Waals surface area contributed by atoms with Gasteiger partial charge in [-0.05, 0) is 37.1 Å². The van der Waals surface area contributed by atoms with Crippen molar-refractivity contribution in [1.29, 1.82) is 0 Å². The third-order valence-electron chi connectivity index (χ3n) is 2.66. The summed E-state index contributed by atoms with van der Waals surface area (Å²) in [5.74, 6) is -0.964. The number of hydrogen-bond acceptors (Lipinski definition) is 2. The summed E-state index contributed by atoms with van der Waals surface area (Å²) in [7, 11) is 0. The molecule has 0 aliphatic heterocycles. The van der Waals surface area contributed by atoms with Crippen molar-refractivity contribution in [3.05, 3.63) is 47.2 Å². The molecule has 1 aromatic heterocycles. The third-order valence-corrected chi connectivity index (χ3v) is 2.66. The van der Waals surface area contributed by atoms with Gasteiger partial charge in [-0.2, -0.15) is 0 Å². The zero-order chi connectivity index (χ0) is 12.4. The zero-order valence-electron chi connectivity index (χ0n) is 9.77. The van der Waals surface area contributed by atoms with E-state index in [2.05, 4.69) is 4.98 Å². The Kier molecular flexibility index (Phi) is 2.91. The van der Waals surface area contributed by atoms with E-state index >= 15 is 0 Å². The van der Waals surface area contributed by atoms with Gasteiger partial charge in [0.05, 0.1) is 11.2 Å². The lowest BCUT2D eigenvalue weighted by Gasteiger charge is -2.05. The van der Waals surface area contributed by atoms with E-state index < -0.39 is 5.97 Å². The molecule has 17 heavy (non-hydrogen) atoms. The second-order valence-corrected chi connectivity index (χ2v) is 4.01. The number of nitrogens with zero attached hydrogens (tertiary/aromatic N) is 1. The molecular weight excluding hydrogens is 214 g/mol. The number of hydrogen-bond donors (Lipinski definition) is 1. The lowest BCUT2D eigenvalue weighted by molar-refractivity contribution is -0.131. The van der Waals surface area contributed by atoms with E-state index in [4.69, 9.17) is 5.11 Å². The molecule has 86 valence electrons. The van der Waals surface area contributed by atoms with Crippen LogP contribution in [-0.2, 0) is 4.79 Å². The summed E-state index contributed by atoms with van der Waals surface area (Å²) in [5, 5.41) is 9.71. The normalized spacial score (nSPS) is 11.2. The smallest absolute Gasteiger partial charge is 0.328 e. The molecule has 0 saturated carbocycles. The van der Waals surface area contributed by atoms with Crippen LogP contribution in [0, 0.1) is 13.8 Å². The van der Waals surface area contributed by atoms with Crippen molar-refractivity contribution in [2.75, 3.05) is 0 Å². The Morgan fingerprint density at radius 1 is 1.29 bits per heavy atom. The first-order valence-electron chi connectivity index (χ1n) is 5.36. The maximum Gasteiger partial charge on any atom is 0.328 e. The molecule has 0 unspecified atom stereocenters. The number of para-hydroxylation sites is 1. The van der Waals surface area contributed by atoms with Crippen LogP contribution in [0.25, 0.3) is 17.0 Å². The molecule has 0 bridgehead atoms. The van der Waals surface area contributed by atoms with Crippen LogP contribution >= 0.6 is 0 Å². The average molecular weight is 227 g/mol. The molecule has 0 aliphatic carbocycles. The maximum atomic E-state index is 10.5. The van der Waals surface area contributed by atoms with Crippen molar-refractivity contribution >= 4 is 22.9 Å². The minimum Gasteiger partial charge on any atom is -0.478 e. The van der Waals surface area contributed by atoms with E-state index in [1.807, 2.05) is 38.1 Å². The van der Waals surface area contributed by atoms with E-state index in [9.17, 15) is 4.79 Å². The number of carboxylic acid groups (broad SMARTS) is 1. The first-order valence-corrected chi connectivity index (χ1v) is 5.36. The molecule has 0 aliphatic rings. The third kappa shape index (κ3) is 2.33. The fourth-order valence-corrected chi connectivity index (χ4v) is 1.83. The van der Waals surface area contributed by atoms with E-state index in [1.54, 1.807) is 0 Å². The van der Waals surface area contributed by atoms with Gasteiger partial charge in [0.2, 0.25) is 0 Å². The van der Waals surface area contributed by atoms with Crippen LogP contribution in [0.2, 0.25) is 0 Å². The first-order chi connectivity index (χ1) is 8.08. The molecule has 2 aromatic rings. The summed E-state index contributed by atoms with van der Waals surface area (Å²) < 4.78 is 0. The van der Waals surface area contributed by atoms with Gasteiger partial charge in [0.1, 0.15) is 0 Å². The number of pyridine rings is 1. The Morgan fingerprint density at radius 2 is 2.06 bits per heavy atom. The molecule has 0 amide bonds. The van der Waals surface area contributed by atoms with Crippen LogP contribution in [0.15, 0.2) is 30.3 Å². The van der Waals surface area contributed by atoms with Gasteiger partial charge in [0.25, 0.3) is 0 Å². The number of aryl methyl sites for hydroxylation is 2. The molecule has 1 aromatic carbocycles. The SMILES string of the molecule is Cc1cc(/C=C/C(=O)O)nc2c(C)cccc12. The highest BCUT2D eigenvalue weighted by molar-refractivity contribution is 5.88. The highest BCUT2D eigenvalue weighted by Crippen LogP contribution is 2.21. The van der Waals surface area contributed by atoms with Crippen LogP contribution in [0.1, 0.15) is 16.8 Å². The number of fused-ring (bicyclic) bond motifs is 1. The zero-order valence-corrected chi connectivity index (χ0v) is 9.77. The Hall–Kier alpha value is -2.16. The predicted octanol–water partition coefficient (Wildman–Crippen LogP) is 2.95. The summed E-state index contributed by atoms with van der Waals surface area (Å²) >= 11 is 0. The van der Waals surface area contributed by atoms with Gasteiger partial charge in [0, 0.05) is 11.5 Å². The fourth-order valence-electron chi connectivity index (χ4n) is 1.83. The molecule has 2 rings (SSSR count). The molecule has 0 atom stereocenters. The number of aliphatic carboxylic acids is 1. The Bertz CT molecular complexity index is 615. The van der Waals surface area contributed by atoms with Gasteiger partial charge in [-0.25, -0.2) is 9.78 Å². The second-order valence-electron chi connectivity index (χ2n) is 4.01. The standard InChI is InChI=1S/C14H13NO2/c1-9-4-3-5-12-10(2)8-11(15-14(9)12)6-7-13(16)17/h3-8H,1-2H3,(H,16,17)/b7-6+. The minimum atomic E-state index is -0.964. The summed E-state index contributed by atoms with van der Waals surface area (Å²) in [5.41, 5.74) is 3.80. The molecule has 0 fully saturated rings. The van der Waals surface area contributed by atoms with Crippen molar-refractivity contribution < 1.29 is 9.90 Å². The van der Waals surface area contributed by atoms with Gasteiger partial charge in [0.15, 0.2) is 0 Å². The topological polar surface area (TPSA) is 50.2 Å². The number of carboxylic acids is 1. The van der Waals surface area contributed by atoms with Crippen LogP contribution < -0.4 is 0 Å². The van der Waals surface area contributed by atoms with Crippen molar-refractivity contribution in [3.8, 4) is 0 Å². The van der Waals surface area contributed by atoms with Gasteiger partial charge in [-0.1, -0.05) is 18.2 Å². The maximum absolute atomic E-state index is 10.5. The summed E-state index contributed by atoms with van der Waals surface area (Å²) in [6, 6.07) is 7.91. The minimum absolute atomic E-state index is 0.673. The molecule has 1 heterocycles. The second kappa shape index (κ2) is 4.37. The highest BCUT2D eigenvalue weighted by atomic mass is 16.4. The number of benzene rings is 1. The lowest BCUT2D eigenvalue weighted by atomic mass is 10.1. The van der Waals surface area contributed by atoms with Crippen molar-refractivity contribution in [1.82, 2.24) is 4.98 Å². The monoisotopic (exact) mass is 227 g/mol. The van der Waals surface area contributed by atoms with E-state index in [0.29, 0.717) is 5.69 Å². The number of carbonyl (C=O) groups is 1. The fraction of sp³-hybridized carbons (Fsp3) is 0.143. The van der Waals surface area contributed by atoms with Gasteiger partial charge in [-0.3, -0.25) is 0 Å². The largest absolute Gasteiger partial charge is 0.478 e. The molecule has 3 nitrogen and oxygen atoms in total. The van der Waals surface area contributed by atoms with Crippen LogP contribution in [0.4, 0.5) is 0 Å². The van der Waals surface area contributed by atoms with Crippen LogP contribution in [0.5, 0.6) is 0 Å². The van der Waals surface area contributed by atoms with Gasteiger partial charge in [-0.15, -0.1) is 0 Å². The highest BCUT2D eigenvalue weighted by Gasteiger charge is 2.03. The van der Waals surface area contributed by atoms with Crippen LogP contribution in [-0.4, -0.2) is 16.1 Å². The van der Waals surface area contributed by atoms with Gasteiger partial charge < -0.3 is 5.11 Å². The quantitative estimate of drug-likeness (QED) is 0.802. The predicted molar refractivity (Wildman–Crippen MR) is 67.9 cm³/mol. The lowest BCUT2D eigenvalue weighted by Crippen LogP contribution is -1.91. The average Bonchev–Trinajstić information content (AvgIpc) is 2.28.